The normalized spacial score (nSPS) is 11.6. The van der Waals surface area contributed by atoms with E-state index in [1.54, 1.807) is 23.0 Å². The van der Waals surface area contributed by atoms with Crippen molar-refractivity contribution in [2.45, 2.75) is 43.7 Å². The van der Waals surface area contributed by atoms with Gasteiger partial charge in [0, 0.05) is 38.1 Å². The van der Waals surface area contributed by atoms with E-state index in [0.717, 1.165) is 24.1 Å². The van der Waals surface area contributed by atoms with Gasteiger partial charge in [-0.05, 0) is 48.7 Å². The lowest BCUT2D eigenvalue weighted by Gasteiger charge is -2.22. The van der Waals surface area contributed by atoms with Gasteiger partial charge in [0.05, 0.1) is 5.69 Å². The summed E-state index contributed by atoms with van der Waals surface area (Å²) in [6.45, 7) is 0.570. The summed E-state index contributed by atoms with van der Waals surface area (Å²) in [5, 5.41) is 13.0. The first-order valence-corrected chi connectivity index (χ1v) is 11.6. The predicted octanol–water partition coefficient (Wildman–Crippen LogP) is 3.49. The van der Waals surface area contributed by atoms with Crippen LogP contribution < -0.4 is 0 Å². The van der Waals surface area contributed by atoms with Crippen molar-refractivity contribution in [3.8, 4) is 5.69 Å². The second-order valence-corrected chi connectivity index (χ2v) is 9.07. The SMILES string of the molecule is O=C(O)CCCCCCN(Cc1ccc(-n2cccn2)cc1)S(=O)(=O)c1ccccn1. The van der Waals surface area contributed by atoms with Crippen LogP contribution in [-0.4, -0.2) is 45.1 Å². The van der Waals surface area contributed by atoms with Crippen molar-refractivity contribution in [1.29, 1.82) is 0 Å². The number of benzene rings is 1. The molecule has 1 N–H and O–H groups in total. The molecule has 2 heterocycles. The van der Waals surface area contributed by atoms with Gasteiger partial charge in [-0.3, -0.25) is 4.79 Å². The number of pyridine rings is 1. The second-order valence-electron chi connectivity index (χ2n) is 7.18. The fraction of sp³-hybridized carbons (Fsp3) is 0.318. The van der Waals surface area contributed by atoms with Gasteiger partial charge in [0.2, 0.25) is 0 Å². The Morgan fingerprint density at radius 1 is 0.968 bits per heavy atom. The first kappa shape index (κ1) is 22.6. The highest BCUT2D eigenvalue weighted by atomic mass is 32.2. The van der Waals surface area contributed by atoms with E-state index >= 15 is 0 Å². The number of aliphatic carboxylic acids is 1. The number of rotatable bonds is 12. The molecule has 2 aromatic heterocycles. The Kier molecular flexibility index (Phi) is 7.91. The van der Waals surface area contributed by atoms with E-state index in [9.17, 15) is 13.2 Å². The first-order valence-electron chi connectivity index (χ1n) is 10.2. The highest BCUT2D eigenvalue weighted by Gasteiger charge is 2.25. The number of hydrogen-bond donors (Lipinski definition) is 1. The van der Waals surface area contributed by atoms with Crippen LogP contribution in [-0.2, 0) is 21.4 Å². The van der Waals surface area contributed by atoms with Gasteiger partial charge >= 0.3 is 5.97 Å². The molecule has 0 aliphatic heterocycles. The number of carboxylic acids is 1. The van der Waals surface area contributed by atoms with Crippen molar-refractivity contribution in [3.63, 3.8) is 0 Å². The molecule has 0 saturated carbocycles. The standard InChI is InChI=1S/C22H26N4O4S/c27-22(28)9-3-1-2-6-16-25(31(29,30)21-8-4-5-14-23-21)18-19-10-12-20(13-11-19)26-17-7-15-24-26/h4-5,7-8,10-15,17H,1-3,6,9,16,18H2,(H,27,28). The van der Waals surface area contributed by atoms with Crippen LogP contribution in [0, 0.1) is 0 Å². The quantitative estimate of drug-likeness (QED) is 0.431. The van der Waals surface area contributed by atoms with Gasteiger partial charge in [0.1, 0.15) is 0 Å². The molecule has 1 aromatic carbocycles. The van der Waals surface area contributed by atoms with Crippen LogP contribution in [0.2, 0.25) is 0 Å². The molecule has 164 valence electrons. The number of nitrogens with zero attached hydrogens (tertiary/aromatic N) is 4. The van der Waals surface area contributed by atoms with Gasteiger partial charge in [0.15, 0.2) is 5.03 Å². The van der Waals surface area contributed by atoms with Crippen molar-refractivity contribution in [3.05, 3.63) is 72.7 Å². The lowest BCUT2D eigenvalue weighted by Crippen LogP contribution is -2.32. The highest BCUT2D eigenvalue weighted by molar-refractivity contribution is 7.89. The summed E-state index contributed by atoms with van der Waals surface area (Å²) in [6, 6.07) is 14.3. The van der Waals surface area contributed by atoms with E-state index in [0.29, 0.717) is 19.4 Å². The molecule has 0 atom stereocenters. The predicted molar refractivity (Wildman–Crippen MR) is 116 cm³/mol. The molecule has 0 fully saturated rings. The minimum absolute atomic E-state index is 0.0223. The Morgan fingerprint density at radius 3 is 2.39 bits per heavy atom. The number of carbonyl (C=O) groups is 1. The molecule has 0 aliphatic carbocycles. The van der Waals surface area contributed by atoms with Crippen molar-refractivity contribution < 1.29 is 18.3 Å². The second kappa shape index (κ2) is 10.8. The molecule has 0 spiro atoms. The summed E-state index contributed by atoms with van der Waals surface area (Å²) in [4.78, 5) is 14.7. The number of sulfonamides is 1. The molecular weight excluding hydrogens is 416 g/mol. The van der Waals surface area contributed by atoms with Gasteiger partial charge in [0.25, 0.3) is 10.0 Å². The molecular formula is C22H26N4O4S. The summed E-state index contributed by atoms with van der Waals surface area (Å²) in [6.07, 6.45) is 7.91. The molecule has 3 aromatic rings. The average molecular weight is 443 g/mol. The molecule has 3 rings (SSSR count). The Hall–Kier alpha value is -3.04. The maximum absolute atomic E-state index is 13.2. The van der Waals surface area contributed by atoms with Crippen LogP contribution in [0.4, 0.5) is 0 Å². The van der Waals surface area contributed by atoms with Crippen molar-refractivity contribution in [1.82, 2.24) is 19.1 Å². The topological polar surface area (TPSA) is 105 Å². The molecule has 31 heavy (non-hydrogen) atoms. The third-order valence-corrected chi connectivity index (χ3v) is 6.62. The molecule has 8 nitrogen and oxygen atoms in total. The maximum Gasteiger partial charge on any atom is 0.303 e. The summed E-state index contributed by atoms with van der Waals surface area (Å²) >= 11 is 0. The lowest BCUT2D eigenvalue weighted by molar-refractivity contribution is -0.137. The van der Waals surface area contributed by atoms with Crippen LogP contribution in [0.3, 0.4) is 0 Å². The Balaban J connectivity index is 1.70. The van der Waals surface area contributed by atoms with Gasteiger partial charge in [-0.15, -0.1) is 0 Å². The largest absolute Gasteiger partial charge is 0.481 e. The van der Waals surface area contributed by atoms with E-state index in [4.69, 9.17) is 5.11 Å². The Labute approximate surface area is 182 Å². The highest BCUT2D eigenvalue weighted by Crippen LogP contribution is 2.19. The van der Waals surface area contributed by atoms with E-state index < -0.39 is 16.0 Å². The zero-order valence-corrected chi connectivity index (χ0v) is 18.0. The molecule has 0 bridgehead atoms. The number of unbranched alkanes of at least 4 members (excludes halogenated alkanes) is 3. The number of hydrogen-bond acceptors (Lipinski definition) is 5. The van der Waals surface area contributed by atoms with Gasteiger partial charge in [-0.25, -0.2) is 18.1 Å². The van der Waals surface area contributed by atoms with Crippen molar-refractivity contribution in [2.24, 2.45) is 0 Å². The summed E-state index contributed by atoms with van der Waals surface area (Å²) in [7, 11) is -3.75. The molecule has 0 saturated heterocycles. The third kappa shape index (κ3) is 6.47. The average Bonchev–Trinajstić information content (AvgIpc) is 3.31. The van der Waals surface area contributed by atoms with Crippen LogP contribution in [0.15, 0.2) is 72.1 Å². The summed E-state index contributed by atoms with van der Waals surface area (Å²) < 4.78 is 29.5. The maximum atomic E-state index is 13.2. The van der Waals surface area contributed by atoms with Crippen LogP contribution in [0.25, 0.3) is 5.69 Å². The van der Waals surface area contributed by atoms with Crippen LogP contribution in [0.5, 0.6) is 0 Å². The third-order valence-electron chi connectivity index (χ3n) is 4.85. The molecule has 0 radical (unpaired) electrons. The Morgan fingerprint density at radius 2 is 1.74 bits per heavy atom. The smallest absolute Gasteiger partial charge is 0.303 e. The van der Waals surface area contributed by atoms with Crippen LogP contribution in [0.1, 0.15) is 37.7 Å². The zero-order chi connectivity index (χ0) is 22.1. The van der Waals surface area contributed by atoms with E-state index in [-0.39, 0.29) is 18.0 Å². The minimum Gasteiger partial charge on any atom is -0.481 e. The van der Waals surface area contributed by atoms with E-state index in [1.807, 2.05) is 36.5 Å². The monoisotopic (exact) mass is 442 g/mol. The first-order chi connectivity index (χ1) is 15.0. The molecule has 9 heteroatoms. The zero-order valence-electron chi connectivity index (χ0n) is 17.2. The number of carboxylic acid groups (broad SMARTS) is 1. The number of aromatic nitrogens is 3. The van der Waals surface area contributed by atoms with Gasteiger partial charge in [-0.2, -0.15) is 9.40 Å². The summed E-state index contributed by atoms with van der Waals surface area (Å²) in [5.41, 5.74) is 1.76. The van der Waals surface area contributed by atoms with Gasteiger partial charge < -0.3 is 5.11 Å². The molecule has 0 amide bonds. The van der Waals surface area contributed by atoms with E-state index in [1.165, 1.54) is 16.6 Å². The van der Waals surface area contributed by atoms with Crippen LogP contribution >= 0.6 is 0 Å². The molecule has 0 aliphatic rings. The fourth-order valence-corrected chi connectivity index (χ4v) is 4.61. The van der Waals surface area contributed by atoms with Crippen molar-refractivity contribution >= 4 is 16.0 Å². The molecule has 0 unspecified atom stereocenters. The lowest BCUT2D eigenvalue weighted by atomic mass is 10.1. The summed E-state index contributed by atoms with van der Waals surface area (Å²) in [5.74, 6) is -0.807. The van der Waals surface area contributed by atoms with Crippen molar-refractivity contribution in [2.75, 3.05) is 6.54 Å². The Bertz CT molecular complexity index is 1050. The minimum atomic E-state index is -3.75. The van der Waals surface area contributed by atoms with E-state index in [2.05, 4.69) is 10.1 Å². The fourth-order valence-electron chi connectivity index (χ4n) is 3.21. The van der Waals surface area contributed by atoms with Gasteiger partial charge in [-0.1, -0.05) is 31.0 Å².